The van der Waals surface area contributed by atoms with Crippen LogP contribution in [0, 0.1) is 11.3 Å². The van der Waals surface area contributed by atoms with Crippen LogP contribution in [0.15, 0.2) is 0 Å². The van der Waals surface area contributed by atoms with Gasteiger partial charge in [0, 0.05) is 37.1 Å². The van der Waals surface area contributed by atoms with Crippen LogP contribution in [0.25, 0.3) is 0 Å². The number of piperidine rings is 1. The van der Waals surface area contributed by atoms with Gasteiger partial charge in [0.05, 0.1) is 13.2 Å². The second-order valence-electron chi connectivity index (χ2n) is 5.73. The lowest BCUT2D eigenvalue weighted by molar-refractivity contribution is 0.000130. The molecule has 4 rings (SSSR count). The van der Waals surface area contributed by atoms with Crippen LogP contribution in [0.5, 0.6) is 0 Å². The van der Waals surface area contributed by atoms with E-state index in [0.717, 1.165) is 19.1 Å². The molecule has 3 atom stereocenters. The largest absolute Gasteiger partial charge is 0.379 e. The van der Waals surface area contributed by atoms with Gasteiger partial charge < -0.3 is 10.1 Å². The maximum absolute atomic E-state index is 5.48. The fourth-order valence-corrected chi connectivity index (χ4v) is 5.02. The molecule has 1 spiro atoms. The van der Waals surface area contributed by atoms with Crippen molar-refractivity contribution in [3.63, 3.8) is 0 Å². The lowest BCUT2D eigenvalue weighted by Gasteiger charge is -2.37. The smallest absolute Gasteiger partial charge is 0.0594 e. The number of nitrogens with zero attached hydrogens (tertiary/aromatic N) is 1. The van der Waals surface area contributed by atoms with E-state index in [0.29, 0.717) is 11.0 Å². The van der Waals surface area contributed by atoms with E-state index in [1.165, 1.54) is 45.4 Å². The molecule has 84 valence electrons. The third-order valence-electron chi connectivity index (χ3n) is 5.55. The first-order valence-corrected chi connectivity index (χ1v) is 6.44. The molecule has 15 heavy (non-hydrogen) atoms. The molecule has 0 bridgehead atoms. The molecule has 0 amide bonds. The van der Waals surface area contributed by atoms with Crippen molar-refractivity contribution in [3.05, 3.63) is 0 Å². The molecule has 3 nitrogen and oxygen atoms in total. The monoisotopic (exact) mass is 208 g/mol. The zero-order valence-corrected chi connectivity index (χ0v) is 9.30. The first-order valence-electron chi connectivity index (χ1n) is 6.44. The quantitative estimate of drug-likeness (QED) is 0.677. The summed E-state index contributed by atoms with van der Waals surface area (Å²) in [6, 6.07) is 0. The Balaban J connectivity index is 1.65. The summed E-state index contributed by atoms with van der Waals surface area (Å²) in [5.74, 6) is 1.02. The zero-order chi connectivity index (χ0) is 9.93. The van der Waals surface area contributed by atoms with Gasteiger partial charge >= 0.3 is 0 Å². The van der Waals surface area contributed by atoms with E-state index in [2.05, 4.69) is 10.2 Å². The van der Waals surface area contributed by atoms with Gasteiger partial charge in [-0.05, 0) is 18.8 Å². The SMILES string of the molecule is C1C[C@@H]2[C@]3(C1)CNC[C@]23N1CCOCC1. The van der Waals surface area contributed by atoms with Gasteiger partial charge in [-0.3, -0.25) is 4.90 Å². The minimum Gasteiger partial charge on any atom is -0.379 e. The fourth-order valence-electron chi connectivity index (χ4n) is 5.02. The van der Waals surface area contributed by atoms with Gasteiger partial charge in [-0.15, -0.1) is 0 Å². The van der Waals surface area contributed by atoms with Crippen LogP contribution in [0.4, 0.5) is 0 Å². The molecule has 0 radical (unpaired) electrons. The number of fused-ring (bicyclic) bond motifs is 1. The van der Waals surface area contributed by atoms with Crippen molar-refractivity contribution in [2.45, 2.75) is 24.8 Å². The number of hydrogen-bond donors (Lipinski definition) is 1. The predicted octanol–water partition coefficient (Wildman–Crippen LogP) is 0.461. The van der Waals surface area contributed by atoms with Crippen LogP contribution in [-0.4, -0.2) is 49.8 Å². The highest BCUT2D eigenvalue weighted by Crippen LogP contribution is 2.74. The van der Waals surface area contributed by atoms with E-state index in [9.17, 15) is 0 Å². The third-order valence-corrected chi connectivity index (χ3v) is 5.55. The number of hydrogen-bond acceptors (Lipinski definition) is 3. The van der Waals surface area contributed by atoms with Crippen LogP contribution < -0.4 is 5.32 Å². The number of morpholine rings is 1. The highest BCUT2D eigenvalue weighted by atomic mass is 16.5. The molecule has 0 aromatic heterocycles. The summed E-state index contributed by atoms with van der Waals surface area (Å²) in [5, 5.41) is 3.64. The summed E-state index contributed by atoms with van der Waals surface area (Å²) in [7, 11) is 0. The standard InChI is InChI=1S/C12H20N2O/c1-2-10-11(3-1)8-13-9-12(10,11)14-4-6-15-7-5-14/h10,13H,1-9H2/t10-,11+,12+/m1/s1. The fraction of sp³-hybridized carbons (Fsp3) is 1.00. The topological polar surface area (TPSA) is 24.5 Å². The van der Waals surface area contributed by atoms with Crippen molar-refractivity contribution in [1.29, 1.82) is 0 Å². The van der Waals surface area contributed by atoms with Crippen molar-refractivity contribution in [2.24, 2.45) is 11.3 Å². The van der Waals surface area contributed by atoms with Gasteiger partial charge in [-0.2, -0.15) is 0 Å². The molecule has 2 saturated carbocycles. The van der Waals surface area contributed by atoms with Crippen LogP contribution in [0.2, 0.25) is 0 Å². The average molecular weight is 208 g/mol. The van der Waals surface area contributed by atoms with Crippen molar-refractivity contribution < 1.29 is 4.74 Å². The Kier molecular flexibility index (Phi) is 1.65. The molecule has 0 unspecified atom stereocenters. The van der Waals surface area contributed by atoms with E-state index in [-0.39, 0.29) is 0 Å². The third kappa shape index (κ3) is 0.855. The Bertz CT molecular complexity index is 285. The Morgan fingerprint density at radius 2 is 2.07 bits per heavy atom. The van der Waals surface area contributed by atoms with E-state index < -0.39 is 0 Å². The molecule has 2 aliphatic heterocycles. The molecule has 1 N–H and O–H groups in total. The lowest BCUT2D eigenvalue weighted by Crippen LogP contribution is -2.50. The minimum absolute atomic E-state index is 0.565. The normalized spacial score (nSPS) is 54.0. The Morgan fingerprint density at radius 1 is 1.20 bits per heavy atom. The van der Waals surface area contributed by atoms with Crippen molar-refractivity contribution >= 4 is 0 Å². The van der Waals surface area contributed by atoms with Gasteiger partial charge in [-0.25, -0.2) is 0 Å². The van der Waals surface area contributed by atoms with Gasteiger partial charge in [0.15, 0.2) is 0 Å². The molecule has 3 heteroatoms. The molecule has 2 aliphatic carbocycles. The summed E-state index contributed by atoms with van der Waals surface area (Å²) in [4.78, 5) is 2.75. The maximum Gasteiger partial charge on any atom is 0.0594 e. The molecular weight excluding hydrogens is 188 g/mol. The van der Waals surface area contributed by atoms with Crippen LogP contribution in [0.3, 0.4) is 0 Å². The average Bonchev–Trinajstić information content (AvgIpc) is 2.70. The summed E-state index contributed by atoms with van der Waals surface area (Å²) in [6.45, 7) is 6.77. The summed E-state index contributed by atoms with van der Waals surface area (Å²) < 4.78 is 5.48. The van der Waals surface area contributed by atoms with Crippen LogP contribution in [-0.2, 0) is 4.74 Å². The highest BCUT2D eigenvalue weighted by Gasteiger charge is 2.81. The van der Waals surface area contributed by atoms with Crippen LogP contribution >= 0.6 is 0 Å². The Labute approximate surface area is 91.2 Å². The summed E-state index contributed by atoms with van der Waals surface area (Å²) in [5.41, 5.74) is 1.25. The van der Waals surface area contributed by atoms with Gasteiger partial charge in [0.1, 0.15) is 0 Å². The van der Waals surface area contributed by atoms with Crippen molar-refractivity contribution in [3.8, 4) is 0 Å². The first kappa shape index (κ1) is 8.97. The molecule has 2 saturated heterocycles. The predicted molar refractivity (Wildman–Crippen MR) is 57.8 cm³/mol. The lowest BCUT2D eigenvalue weighted by atomic mass is 9.96. The molecule has 0 aromatic carbocycles. The number of ether oxygens (including phenoxy) is 1. The van der Waals surface area contributed by atoms with Gasteiger partial charge in [0.2, 0.25) is 0 Å². The van der Waals surface area contributed by atoms with Crippen LogP contribution in [0.1, 0.15) is 19.3 Å². The number of nitrogens with one attached hydrogen (secondary N) is 1. The summed E-state index contributed by atoms with van der Waals surface area (Å²) in [6.07, 6.45) is 4.43. The highest BCUT2D eigenvalue weighted by molar-refractivity contribution is 5.35. The van der Waals surface area contributed by atoms with Gasteiger partial charge in [-0.1, -0.05) is 6.42 Å². The van der Waals surface area contributed by atoms with Gasteiger partial charge in [0.25, 0.3) is 0 Å². The minimum atomic E-state index is 0.565. The van der Waals surface area contributed by atoms with E-state index in [1.807, 2.05) is 0 Å². The molecular formula is C12H20N2O. The first-order chi connectivity index (χ1) is 7.40. The second-order valence-corrected chi connectivity index (χ2v) is 5.73. The van der Waals surface area contributed by atoms with E-state index in [4.69, 9.17) is 4.74 Å². The second kappa shape index (κ2) is 2.76. The Hall–Kier alpha value is -0.120. The van der Waals surface area contributed by atoms with E-state index >= 15 is 0 Å². The summed E-state index contributed by atoms with van der Waals surface area (Å²) >= 11 is 0. The zero-order valence-electron chi connectivity index (χ0n) is 9.30. The number of rotatable bonds is 1. The van der Waals surface area contributed by atoms with Crippen molar-refractivity contribution in [2.75, 3.05) is 39.4 Å². The Morgan fingerprint density at radius 3 is 2.87 bits per heavy atom. The molecule has 4 aliphatic rings. The maximum atomic E-state index is 5.48. The molecule has 2 heterocycles. The van der Waals surface area contributed by atoms with Crippen molar-refractivity contribution in [1.82, 2.24) is 10.2 Å². The molecule has 4 fully saturated rings. The van der Waals surface area contributed by atoms with E-state index in [1.54, 1.807) is 0 Å². The molecule has 0 aromatic rings.